The summed E-state index contributed by atoms with van der Waals surface area (Å²) in [5.74, 6) is 1.63. The minimum absolute atomic E-state index is 0.112. The van der Waals surface area contributed by atoms with Crippen LogP contribution in [0.25, 0.3) is 0 Å². The van der Waals surface area contributed by atoms with Gasteiger partial charge in [-0.2, -0.15) is 0 Å². The summed E-state index contributed by atoms with van der Waals surface area (Å²) in [4.78, 5) is 13.3. The maximum atomic E-state index is 10.9. The first-order chi connectivity index (χ1) is 6.58. The van der Waals surface area contributed by atoms with Gasteiger partial charge in [0.2, 0.25) is 0 Å². The molecule has 14 heavy (non-hydrogen) atoms. The van der Waals surface area contributed by atoms with Crippen molar-refractivity contribution in [2.75, 3.05) is 26.2 Å². The highest BCUT2D eigenvalue weighted by Gasteiger charge is 2.21. The van der Waals surface area contributed by atoms with Crippen LogP contribution in [0.3, 0.4) is 0 Å². The minimum atomic E-state index is 0.112. The van der Waals surface area contributed by atoms with Gasteiger partial charge in [-0.1, -0.05) is 13.8 Å². The van der Waals surface area contributed by atoms with Gasteiger partial charge in [0.25, 0.3) is 0 Å². The van der Waals surface area contributed by atoms with Crippen LogP contribution in [-0.2, 0) is 9.53 Å². The van der Waals surface area contributed by atoms with Crippen LogP contribution >= 0.6 is 0 Å². The van der Waals surface area contributed by atoms with Crippen molar-refractivity contribution in [3.05, 3.63) is 5.92 Å². The summed E-state index contributed by atoms with van der Waals surface area (Å²) in [5, 5.41) is 0. The summed E-state index contributed by atoms with van der Waals surface area (Å²) >= 11 is 0. The molecule has 1 aliphatic rings. The van der Waals surface area contributed by atoms with E-state index in [1.165, 1.54) is 5.92 Å². The summed E-state index contributed by atoms with van der Waals surface area (Å²) < 4.78 is 5.53. The van der Waals surface area contributed by atoms with Gasteiger partial charge in [-0.25, -0.2) is 0 Å². The highest BCUT2D eigenvalue weighted by atomic mass is 16.5. The maximum Gasteiger partial charge on any atom is 0.132 e. The van der Waals surface area contributed by atoms with Gasteiger partial charge in [-0.3, -0.25) is 9.69 Å². The van der Waals surface area contributed by atoms with Crippen molar-refractivity contribution in [1.29, 1.82) is 0 Å². The van der Waals surface area contributed by atoms with Crippen molar-refractivity contribution in [3.63, 3.8) is 0 Å². The third kappa shape index (κ3) is 4.20. The highest BCUT2D eigenvalue weighted by Crippen LogP contribution is 2.11. The van der Waals surface area contributed by atoms with E-state index in [9.17, 15) is 4.79 Å². The second-order valence-electron chi connectivity index (χ2n) is 4.34. The van der Waals surface area contributed by atoms with Gasteiger partial charge >= 0.3 is 0 Å². The van der Waals surface area contributed by atoms with E-state index in [1.54, 1.807) is 6.92 Å². The van der Waals surface area contributed by atoms with Crippen LogP contribution in [0, 0.1) is 5.92 Å². The second kappa shape index (κ2) is 5.47. The van der Waals surface area contributed by atoms with Gasteiger partial charge in [0.15, 0.2) is 0 Å². The molecule has 0 amide bonds. The van der Waals surface area contributed by atoms with Crippen LogP contribution in [-0.4, -0.2) is 43.0 Å². The van der Waals surface area contributed by atoms with Gasteiger partial charge in [-0.05, 0) is 12.8 Å². The summed E-state index contributed by atoms with van der Waals surface area (Å²) in [5.41, 5.74) is 0. The van der Waals surface area contributed by atoms with Gasteiger partial charge in [0.1, 0.15) is 5.78 Å². The topological polar surface area (TPSA) is 29.5 Å². The fourth-order valence-electron chi connectivity index (χ4n) is 1.82. The van der Waals surface area contributed by atoms with Crippen molar-refractivity contribution in [3.8, 4) is 0 Å². The van der Waals surface area contributed by atoms with Crippen LogP contribution in [0.5, 0.6) is 0 Å². The predicted octanol–water partition coefficient (Wildman–Crippen LogP) is 1.28. The lowest BCUT2D eigenvalue weighted by Gasteiger charge is -2.33. The summed E-state index contributed by atoms with van der Waals surface area (Å²) in [6.45, 7) is 9.55. The molecule has 3 heteroatoms. The normalized spacial score (nSPS) is 24.1. The van der Waals surface area contributed by atoms with Gasteiger partial charge in [0, 0.05) is 26.1 Å². The van der Waals surface area contributed by atoms with E-state index in [-0.39, 0.29) is 11.9 Å². The molecule has 1 fully saturated rings. The number of ketones is 1. The van der Waals surface area contributed by atoms with Crippen molar-refractivity contribution in [1.82, 2.24) is 4.90 Å². The van der Waals surface area contributed by atoms with Gasteiger partial charge < -0.3 is 4.74 Å². The van der Waals surface area contributed by atoms with Crippen LogP contribution < -0.4 is 0 Å². The fourth-order valence-corrected chi connectivity index (χ4v) is 1.82. The Morgan fingerprint density at radius 2 is 2.14 bits per heavy atom. The summed E-state index contributed by atoms with van der Waals surface area (Å²) in [7, 11) is 0. The maximum absolute atomic E-state index is 10.9. The molecule has 0 bridgehead atoms. The first-order valence-corrected chi connectivity index (χ1v) is 5.20. The quantitative estimate of drug-likeness (QED) is 0.681. The van der Waals surface area contributed by atoms with E-state index in [4.69, 9.17) is 4.74 Å². The molecule has 1 heterocycles. The van der Waals surface area contributed by atoms with Gasteiger partial charge in [0.05, 0.1) is 12.7 Å². The molecule has 1 rings (SSSR count). The van der Waals surface area contributed by atoms with Crippen LogP contribution in [0.15, 0.2) is 0 Å². The first kappa shape index (κ1) is 11.7. The molecule has 1 aliphatic heterocycles. The number of nitrogens with zero attached hydrogens (tertiary/aromatic N) is 1. The highest BCUT2D eigenvalue weighted by molar-refractivity contribution is 5.76. The van der Waals surface area contributed by atoms with Crippen molar-refractivity contribution < 1.29 is 9.53 Å². The lowest BCUT2D eigenvalue weighted by atomic mass is 10.1. The molecule has 0 aromatic rings. The Kier molecular flexibility index (Phi) is 4.55. The standard InChI is InChI=1S/C11H20NO2/c1-9(2)7-12-4-5-14-11(8-12)6-10(3)13/h11H,4-8H2,1-3H3/t11-/m1/s1. The average Bonchev–Trinajstić information content (AvgIpc) is 2.01. The lowest BCUT2D eigenvalue weighted by Crippen LogP contribution is -2.44. The number of Topliss-reactive ketones (excluding diaryl/α,β-unsaturated/α-hetero) is 1. The van der Waals surface area contributed by atoms with Gasteiger partial charge in [-0.15, -0.1) is 0 Å². The predicted molar refractivity (Wildman–Crippen MR) is 56.1 cm³/mol. The largest absolute Gasteiger partial charge is 0.375 e. The molecule has 1 atom stereocenters. The number of hydrogen-bond donors (Lipinski definition) is 0. The van der Waals surface area contributed by atoms with Crippen LogP contribution in [0.1, 0.15) is 27.2 Å². The molecular formula is C11H20NO2. The third-order valence-corrected chi connectivity index (χ3v) is 2.28. The SMILES string of the molecule is C[C](C)CN1CCO[C@H](CC(C)=O)C1. The smallest absolute Gasteiger partial charge is 0.132 e. The van der Waals surface area contributed by atoms with E-state index < -0.39 is 0 Å². The van der Waals surface area contributed by atoms with E-state index in [0.29, 0.717) is 6.42 Å². The molecule has 0 unspecified atom stereocenters. The summed E-state index contributed by atoms with van der Waals surface area (Å²) in [6.07, 6.45) is 0.666. The molecule has 3 nitrogen and oxygen atoms in total. The number of morpholine rings is 1. The molecule has 81 valence electrons. The van der Waals surface area contributed by atoms with E-state index in [1.807, 2.05) is 0 Å². The fraction of sp³-hybridized carbons (Fsp3) is 0.818. The van der Waals surface area contributed by atoms with E-state index >= 15 is 0 Å². The molecular weight excluding hydrogens is 178 g/mol. The number of carbonyl (C=O) groups excluding carboxylic acids is 1. The first-order valence-electron chi connectivity index (χ1n) is 5.20. The van der Waals surface area contributed by atoms with Crippen molar-refractivity contribution in [2.45, 2.75) is 33.3 Å². The minimum Gasteiger partial charge on any atom is -0.375 e. The monoisotopic (exact) mass is 198 g/mol. The number of ether oxygens (including phenoxy) is 1. The Bertz CT molecular complexity index is 192. The molecule has 0 spiro atoms. The van der Waals surface area contributed by atoms with E-state index in [2.05, 4.69) is 18.7 Å². The zero-order valence-electron chi connectivity index (χ0n) is 9.38. The zero-order chi connectivity index (χ0) is 10.6. The Morgan fingerprint density at radius 1 is 1.43 bits per heavy atom. The Hall–Kier alpha value is -0.410. The van der Waals surface area contributed by atoms with Crippen LogP contribution in [0.4, 0.5) is 0 Å². The Morgan fingerprint density at radius 3 is 2.71 bits per heavy atom. The molecule has 0 saturated carbocycles. The van der Waals surface area contributed by atoms with Crippen molar-refractivity contribution in [2.24, 2.45) is 0 Å². The number of carbonyl (C=O) groups is 1. The molecule has 1 radical (unpaired) electrons. The zero-order valence-corrected chi connectivity index (χ0v) is 9.38. The second-order valence-corrected chi connectivity index (χ2v) is 4.34. The molecule has 0 aromatic heterocycles. The summed E-state index contributed by atoms with van der Waals surface area (Å²) in [6, 6.07) is 0. The van der Waals surface area contributed by atoms with E-state index in [0.717, 1.165) is 26.2 Å². The molecule has 1 saturated heterocycles. The molecule has 0 N–H and O–H groups in total. The lowest BCUT2D eigenvalue weighted by molar-refractivity contribution is -0.121. The Labute approximate surface area is 86.4 Å². The van der Waals surface area contributed by atoms with Crippen molar-refractivity contribution >= 4 is 5.78 Å². The third-order valence-electron chi connectivity index (χ3n) is 2.28. The number of hydrogen-bond acceptors (Lipinski definition) is 3. The average molecular weight is 198 g/mol. The molecule has 0 aromatic carbocycles. The number of rotatable bonds is 4. The molecule has 0 aliphatic carbocycles. The Balaban J connectivity index is 2.32. The van der Waals surface area contributed by atoms with Crippen LogP contribution in [0.2, 0.25) is 0 Å².